The highest BCUT2D eigenvalue weighted by atomic mass is 32.2. The first-order chi connectivity index (χ1) is 12.2. The van der Waals surface area contributed by atoms with Crippen LogP contribution >= 0.6 is 0 Å². The van der Waals surface area contributed by atoms with Crippen LogP contribution in [0.15, 0.2) is 18.2 Å². The SMILES string of the molecule is COc1ccc(CC(=O)N2C[C@H]3C[C@H]4C(C2)(CN(C)S4(=O)=O)O3)cc1F. The number of ether oxygens (including phenoxy) is 2. The quantitative estimate of drug-likeness (QED) is 0.754. The molecule has 3 fully saturated rings. The van der Waals surface area contributed by atoms with Crippen molar-refractivity contribution < 1.29 is 27.1 Å². The minimum absolute atomic E-state index is 0.0525. The van der Waals surface area contributed by atoms with Gasteiger partial charge in [0.15, 0.2) is 11.6 Å². The van der Waals surface area contributed by atoms with E-state index >= 15 is 0 Å². The Morgan fingerprint density at radius 1 is 1.42 bits per heavy atom. The van der Waals surface area contributed by atoms with E-state index in [1.807, 2.05) is 0 Å². The summed E-state index contributed by atoms with van der Waals surface area (Å²) in [5.74, 6) is -0.539. The second-order valence-electron chi connectivity index (χ2n) is 7.25. The average molecular weight is 384 g/mol. The molecule has 3 saturated heterocycles. The van der Waals surface area contributed by atoms with Crippen LogP contribution in [-0.2, 0) is 26.0 Å². The van der Waals surface area contributed by atoms with Crippen LogP contribution in [0.3, 0.4) is 0 Å². The van der Waals surface area contributed by atoms with Crippen LogP contribution in [0, 0.1) is 5.82 Å². The molecule has 2 bridgehead atoms. The Morgan fingerprint density at radius 2 is 2.19 bits per heavy atom. The van der Waals surface area contributed by atoms with Gasteiger partial charge in [-0.3, -0.25) is 4.79 Å². The van der Waals surface area contributed by atoms with Crippen molar-refractivity contribution >= 4 is 15.9 Å². The van der Waals surface area contributed by atoms with E-state index in [1.165, 1.54) is 23.5 Å². The predicted octanol–water partition coefficient (Wildman–Crippen LogP) is 0.391. The summed E-state index contributed by atoms with van der Waals surface area (Å²) in [7, 11) is -0.453. The summed E-state index contributed by atoms with van der Waals surface area (Å²) in [4.78, 5) is 14.4. The van der Waals surface area contributed by atoms with Crippen LogP contribution in [0.2, 0.25) is 0 Å². The zero-order valence-corrected chi connectivity index (χ0v) is 15.5. The normalized spacial score (nSPS) is 32.5. The van der Waals surface area contributed by atoms with Gasteiger partial charge < -0.3 is 14.4 Å². The third kappa shape index (κ3) is 2.60. The fourth-order valence-corrected chi connectivity index (χ4v) is 6.39. The number of carbonyl (C=O) groups excluding carboxylic acids is 1. The van der Waals surface area contributed by atoms with E-state index in [1.54, 1.807) is 18.0 Å². The van der Waals surface area contributed by atoms with Gasteiger partial charge in [-0.15, -0.1) is 0 Å². The largest absolute Gasteiger partial charge is 0.494 e. The Hall–Kier alpha value is -1.71. The molecular formula is C17H21FN2O5S. The van der Waals surface area contributed by atoms with Gasteiger partial charge in [-0.1, -0.05) is 6.07 Å². The standard InChI is InChI=1S/C17H21FN2O5S/c1-19-9-17-10-20(8-12(25-17)7-15(17)26(19,22)23)16(21)6-11-3-4-14(24-2)13(18)5-11/h3-5,12,15H,6-10H2,1-2H3/t12-,15+,17?/m1/s1. The van der Waals surface area contributed by atoms with Crippen molar-refractivity contribution in [2.75, 3.05) is 33.8 Å². The summed E-state index contributed by atoms with van der Waals surface area (Å²) in [6.45, 7) is 0.877. The van der Waals surface area contributed by atoms with E-state index in [4.69, 9.17) is 9.47 Å². The van der Waals surface area contributed by atoms with Crippen molar-refractivity contribution in [1.29, 1.82) is 0 Å². The molecule has 26 heavy (non-hydrogen) atoms. The van der Waals surface area contributed by atoms with Gasteiger partial charge in [-0.25, -0.2) is 17.1 Å². The third-order valence-corrected chi connectivity index (χ3v) is 7.90. The number of sulfonamides is 1. The molecule has 0 aromatic heterocycles. The molecule has 1 spiro atoms. The van der Waals surface area contributed by atoms with Crippen molar-refractivity contribution in [3.8, 4) is 5.75 Å². The van der Waals surface area contributed by atoms with Crippen molar-refractivity contribution in [2.24, 2.45) is 0 Å². The molecule has 0 saturated carbocycles. The zero-order valence-electron chi connectivity index (χ0n) is 14.6. The fraction of sp³-hybridized carbons (Fsp3) is 0.588. The molecule has 3 aliphatic heterocycles. The molecule has 1 unspecified atom stereocenters. The molecule has 3 atom stereocenters. The lowest BCUT2D eigenvalue weighted by Gasteiger charge is -2.39. The van der Waals surface area contributed by atoms with Gasteiger partial charge in [-0.2, -0.15) is 0 Å². The smallest absolute Gasteiger partial charge is 0.227 e. The minimum atomic E-state index is -3.38. The molecule has 3 aliphatic rings. The van der Waals surface area contributed by atoms with E-state index in [-0.39, 0.29) is 37.3 Å². The Bertz CT molecular complexity index is 861. The number of carbonyl (C=O) groups is 1. The summed E-state index contributed by atoms with van der Waals surface area (Å²) < 4.78 is 51.0. The number of nitrogens with zero attached hydrogens (tertiary/aromatic N) is 2. The molecule has 9 heteroatoms. The lowest BCUT2D eigenvalue weighted by atomic mass is 9.99. The summed E-state index contributed by atoms with van der Waals surface area (Å²) in [5, 5.41) is -0.596. The van der Waals surface area contributed by atoms with E-state index in [2.05, 4.69) is 0 Å². The van der Waals surface area contributed by atoms with Crippen molar-refractivity contribution in [2.45, 2.75) is 29.8 Å². The molecule has 0 N–H and O–H groups in total. The number of likely N-dealkylation sites (N-methyl/N-ethyl adjacent to an activating group) is 1. The zero-order chi connectivity index (χ0) is 18.7. The number of fused-ring (bicyclic) bond motifs is 1. The lowest BCUT2D eigenvalue weighted by Crippen LogP contribution is -2.56. The van der Waals surface area contributed by atoms with E-state index in [0.717, 1.165) is 0 Å². The third-order valence-electron chi connectivity index (χ3n) is 5.56. The van der Waals surface area contributed by atoms with E-state index < -0.39 is 26.7 Å². The van der Waals surface area contributed by atoms with E-state index in [0.29, 0.717) is 18.5 Å². The fourth-order valence-electron chi connectivity index (χ4n) is 4.36. The maximum absolute atomic E-state index is 13.8. The molecule has 1 aromatic carbocycles. The summed E-state index contributed by atoms with van der Waals surface area (Å²) in [5.41, 5.74) is -0.297. The number of amides is 1. The second kappa shape index (κ2) is 5.90. The number of rotatable bonds is 3. The first-order valence-corrected chi connectivity index (χ1v) is 9.99. The van der Waals surface area contributed by atoms with Crippen molar-refractivity contribution in [3.63, 3.8) is 0 Å². The molecule has 0 radical (unpaired) electrons. The van der Waals surface area contributed by atoms with Gasteiger partial charge in [0, 0.05) is 20.1 Å². The van der Waals surface area contributed by atoms with Crippen LogP contribution in [0.5, 0.6) is 5.75 Å². The van der Waals surface area contributed by atoms with Crippen LogP contribution in [-0.4, -0.2) is 74.3 Å². The number of likely N-dealkylation sites (tertiary alicyclic amines) is 1. The highest BCUT2D eigenvalue weighted by molar-refractivity contribution is 7.90. The molecular weight excluding hydrogens is 363 g/mol. The number of methoxy groups -OCH3 is 1. The molecule has 0 aliphatic carbocycles. The molecule has 1 amide bonds. The summed E-state index contributed by atoms with van der Waals surface area (Å²) in [6.07, 6.45) is 0.193. The number of hydrogen-bond donors (Lipinski definition) is 0. The summed E-state index contributed by atoms with van der Waals surface area (Å²) >= 11 is 0. The minimum Gasteiger partial charge on any atom is -0.494 e. The topological polar surface area (TPSA) is 76.2 Å². The van der Waals surface area contributed by atoms with Gasteiger partial charge in [0.2, 0.25) is 15.9 Å². The number of benzene rings is 1. The monoisotopic (exact) mass is 384 g/mol. The molecule has 3 heterocycles. The van der Waals surface area contributed by atoms with Gasteiger partial charge in [0.1, 0.15) is 10.9 Å². The van der Waals surface area contributed by atoms with Gasteiger partial charge in [0.05, 0.1) is 26.2 Å². The number of morpholine rings is 1. The molecule has 4 rings (SSSR count). The Labute approximate surface area is 151 Å². The van der Waals surface area contributed by atoms with Crippen LogP contribution < -0.4 is 4.74 Å². The van der Waals surface area contributed by atoms with Crippen molar-refractivity contribution in [1.82, 2.24) is 9.21 Å². The van der Waals surface area contributed by atoms with Crippen LogP contribution in [0.25, 0.3) is 0 Å². The molecule has 7 nitrogen and oxygen atoms in total. The highest BCUT2D eigenvalue weighted by Crippen LogP contribution is 2.46. The first-order valence-electron chi connectivity index (χ1n) is 8.48. The number of hydrogen-bond acceptors (Lipinski definition) is 5. The van der Waals surface area contributed by atoms with Crippen LogP contribution in [0.4, 0.5) is 4.39 Å². The highest BCUT2D eigenvalue weighted by Gasteiger charge is 2.64. The second-order valence-corrected chi connectivity index (χ2v) is 9.47. The average Bonchev–Trinajstić information content (AvgIpc) is 2.93. The Kier molecular flexibility index (Phi) is 4.01. The Morgan fingerprint density at radius 3 is 2.88 bits per heavy atom. The van der Waals surface area contributed by atoms with Gasteiger partial charge in [0.25, 0.3) is 0 Å². The number of halogens is 1. The predicted molar refractivity (Wildman–Crippen MR) is 90.8 cm³/mol. The first kappa shape index (κ1) is 17.7. The maximum Gasteiger partial charge on any atom is 0.227 e. The lowest BCUT2D eigenvalue weighted by molar-refractivity contribution is -0.149. The van der Waals surface area contributed by atoms with Crippen LogP contribution in [0.1, 0.15) is 12.0 Å². The van der Waals surface area contributed by atoms with Gasteiger partial charge >= 0.3 is 0 Å². The summed E-state index contributed by atoms with van der Waals surface area (Å²) in [6, 6.07) is 4.44. The van der Waals surface area contributed by atoms with Crippen molar-refractivity contribution in [3.05, 3.63) is 29.6 Å². The van der Waals surface area contributed by atoms with E-state index in [9.17, 15) is 17.6 Å². The van der Waals surface area contributed by atoms with Gasteiger partial charge in [-0.05, 0) is 24.1 Å². The molecule has 142 valence electrons. The Balaban J connectivity index is 1.52. The molecule has 1 aromatic rings. The maximum atomic E-state index is 13.8.